The zero-order valence-corrected chi connectivity index (χ0v) is 42.5. The molecule has 0 aromatic heterocycles. The summed E-state index contributed by atoms with van der Waals surface area (Å²) in [6.07, 6.45) is 50.9. The molecule has 0 aromatic rings. The van der Waals surface area contributed by atoms with E-state index in [4.69, 9.17) is 14.2 Å². The molecule has 6 heteroatoms. The number of esters is 3. The van der Waals surface area contributed by atoms with Crippen molar-refractivity contribution in [3.05, 3.63) is 0 Å². The molecule has 0 fully saturated rings. The van der Waals surface area contributed by atoms with Crippen LogP contribution in [-0.4, -0.2) is 37.2 Å². The van der Waals surface area contributed by atoms with Gasteiger partial charge in [0.25, 0.3) is 0 Å². The predicted molar refractivity (Wildman–Crippen MR) is 266 cm³/mol. The van der Waals surface area contributed by atoms with Gasteiger partial charge in [-0.05, 0) is 31.1 Å². The minimum absolute atomic E-state index is 0.0634. The van der Waals surface area contributed by atoms with E-state index in [-0.39, 0.29) is 31.1 Å². The van der Waals surface area contributed by atoms with Crippen molar-refractivity contribution in [1.82, 2.24) is 0 Å². The Bertz CT molecular complexity index is 949. The summed E-state index contributed by atoms with van der Waals surface area (Å²) in [5.74, 6) is 0.853. The van der Waals surface area contributed by atoms with Gasteiger partial charge in [-0.2, -0.15) is 0 Å². The van der Waals surface area contributed by atoms with Crippen LogP contribution in [0.1, 0.15) is 311 Å². The maximum atomic E-state index is 12.8. The first-order valence-electron chi connectivity index (χ1n) is 27.8. The summed E-state index contributed by atoms with van der Waals surface area (Å²) >= 11 is 0. The maximum Gasteiger partial charge on any atom is 0.306 e. The van der Waals surface area contributed by atoms with Gasteiger partial charge < -0.3 is 14.2 Å². The molecule has 0 aliphatic rings. The fourth-order valence-corrected chi connectivity index (χ4v) is 8.49. The molecule has 0 aliphatic carbocycles. The van der Waals surface area contributed by atoms with Gasteiger partial charge in [0.15, 0.2) is 6.10 Å². The molecule has 0 aromatic carbocycles. The maximum absolute atomic E-state index is 12.8. The van der Waals surface area contributed by atoms with Crippen molar-refractivity contribution in [2.75, 3.05) is 13.2 Å². The van der Waals surface area contributed by atoms with E-state index in [0.29, 0.717) is 19.3 Å². The highest BCUT2D eigenvalue weighted by atomic mass is 16.6. The van der Waals surface area contributed by atoms with Crippen molar-refractivity contribution in [2.45, 2.75) is 317 Å². The van der Waals surface area contributed by atoms with Gasteiger partial charge in [0.2, 0.25) is 0 Å². The lowest BCUT2D eigenvalue weighted by Crippen LogP contribution is -2.30. The average Bonchev–Trinajstić information content (AvgIpc) is 3.26. The van der Waals surface area contributed by atoms with E-state index in [1.54, 1.807) is 0 Å². The highest BCUT2D eigenvalue weighted by molar-refractivity contribution is 5.71. The fourth-order valence-electron chi connectivity index (χ4n) is 8.49. The second-order valence-electron chi connectivity index (χ2n) is 19.9. The van der Waals surface area contributed by atoms with Crippen LogP contribution in [0.2, 0.25) is 0 Å². The molecule has 0 aliphatic heterocycles. The Morgan fingerprint density at radius 1 is 0.339 bits per heavy atom. The molecule has 368 valence electrons. The largest absolute Gasteiger partial charge is 0.462 e. The summed E-state index contributed by atoms with van der Waals surface area (Å²) in [6, 6.07) is 0. The number of rotatable bonds is 50. The highest BCUT2D eigenvalue weighted by Gasteiger charge is 2.19. The Labute approximate surface area is 387 Å². The summed E-state index contributed by atoms with van der Waals surface area (Å²) in [5, 5.41) is 0. The second kappa shape index (κ2) is 48.9. The van der Waals surface area contributed by atoms with E-state index in [1.165, 1.54) is 199 Å². The Morgan fingerprint density at radius 3 is 0.919 bits per heavy atom. The molecular formula is C56H108O6. The number of ether oxygens (including phenoxy) is 3. The van der Waals surface area contributed by atoms with Crippen molar-refractivity contribution in [3.8, 4) is 0 Å². The molecule has 1 unspecified atom stereocenters. The molecule has 0 heterocycles. The molecular weight excluding hydrogens is 769 g/mol. The van der Waals surface area contributed by atoms with Gasteiger partial charge in [0.1, 0.15) is 13.2 Å². The topological polar surface area (TPSA) is 78.9 Å². The van der Waals surface area contributed by atoms with Crippen LogP contribution in [0.5, 0.6) is 0 Å². The minimum Gasteiger partial charge on any atom is -0.462 e. The Hall–Kier alpha value is -1.59. The molecule has 0 rings (SSSR count). The first-order chi connectivity index (χ1) is 30.3. The number of hydrogen-bond donors (Lipinski definition) is 0. The molecule has 0 radical (unpaired) electrons. The lowest BCUT2D eigenvalue weighted by atomic mass is 9.99. The van der Waals surface area contributed by atoms with Gasteiger partial charge in [0.05, 0.1) is 0 Å². The van der Waals surface area contributed by atoms with Crippen LogP contribution in [0.4, 0.5) is 0 Å². The number of carbonyl (C=O) groups excluding carboxylic acids is 3. The van der Waals surface area contributed by atoms with Gasteiger partial charge in [-0.25, -0.2) is 0 Å². The number of carbonyl (C=O) groups is 3. The third-order valence-corrected chi connectivity index (χ3v) is 13.1. The lowest BCUT2D eigenvalue weighted by Gasteiger charge is -2.18. The highest BCUT2D eigenvalue weighted by Crippen LogP contribution is 2.18. The summed E-state index contributed by atoms with van der Waals surface area (Å²) in [4.78, 5) is 38.0. The van der Waals surface area contributed by atoms with Crippen LogP contribution in [0, 0.1) is 11.8 Å². The Morgan fingerprint density at radius 2 is 0.613 bits per heavy atom. The van der Waals surface area contributed by atoms with Crippen molar-refractivity contribution in [1.29, 1.82) is 0 Å². The smallest absolute Gasteiger partial charge is 0.306 e. The molecule has 0 bridgehead atoms. The summed E-state index contributed by atoms with van der Waals surface area (Å²) in [5.41, 5.74) is 0. The molecule has 0 saturated heterocycles. The molecule has 0 amide bonds. The van der Waals surface area contributed by atoms with Gasteiger partial charge in [-0.3, -0.25) is 14.4 Å². The Balaban J connectivity index is 4.26. The summed E-state index contributed by atoms with van der Waals surface area (Å²) in [7, 11) is 0. The third kappa shape index (κ3) is 47.9. The molecule has 62 heavy (non-hydrogen) atoms. The van der Waals surface area contributed by atoms with E-state index in [1.807, 2.05) is 0 Å². The first kappa shape index (κ1) is 60.4. The quantitative estimate of drug-likeness (QED) is 0.0344. The van der Waals surface area contributed by atoms with E-state index in [2.05, 4.69) is 34.6 Å². The predicted octanol–water partition coefficient (Wildman–Crippen LogP) is 18.1. The molecule has 0 saturated carbocycles. The standard InChI is InChI=1S/C56H108O6/c1-6-8-9-10-11-12-13-18-22-25-31-36-41-46-54(57)60-49-53(62-56(59)48-43-38-33-28-27-30-35-40-45-52(5)7-2)50-61-55(58)47-42-37-32-26-23-20-17-15-14-16-19-21-24-29-34-39-44-51(3)4/h51-53H,6-50H2,1-5H3/t52?,53-/m0/s1. The molecule has 0 N–H and O–H groups in total. The van der Waals surface area contributed by atoms with Crippen molar-refractivity contribution in [3.63, 3.8) is 0 Å². The minimum atomic E-state index is -0.762. The zero-order chi connectivity index (χ0) is 45.4. The monoisotopic (exact) mass is 877 g/mol. The van der Waals surface area contributed by atoms with E-state index in [9.17, 15) is 14.4 Å². The van der Waals surface area contributed by atoms with Crippen molar-refractivity contribution >= 4 is 17.9 Å². The molecule has 0 spiro atoms. The van der Waals surface area contributed by atoms with E-state index < -0.39 is 6.10 Å². The van der Waals surface area contributed by atoms with E-state index >= 15 is 0 Å². The van der Waals surface area contributed by atoms with Crippen LogP contribution in [0.25, 0.3) is 0 Å². The fraction of sp³-hybridized carbons (Fsp3) is 0.946. The number of unbranched alkanes of at least 4 members (excludes halogenated alkanes) is 34. The van der Waals surface area contributed by atoms with Crippen LogP contribution in [0.3, 0.4) is 0 Å². The lowest BCUT2D eigenvalue weighted by molar-refractivity contribution is -0.167. The third-order valence-electron chi connectivity index (χ3n) is 13.1. The van der Waals surface area contributed by atoms with E-state index in [0.717, 1.165) is 69.6 Å². The Kier molecular flexibility index (Phi) is 47.6. The number of hydrogen-bond acceptors (Lipinski definition) is 6. The average molecular weight is 877 g/mol. The summed E-state index contributed by atoms with van der Waals surface area (Å²) < 4.78 is 16.8. The van der Waals surface area contributed by atoms with Crippen LogP contribution in [-0.2, 0) is 28.6 Å². The van der Waals surface area contributed by atoms with Gasteiger partial charge in [-0.1, -0.05) is 272 Å². The van der Waals surface area contributed by atoms with Crippen LogP contribution in [0.15, 0.2) is 0 Å². The first-order valence-corrected chi connectivity index (χ1v) is 27.8. The molecule has 2 atom stereocenters. The van der Waals surface area contributed by atoms with Gasteiger partial charge >= 0.3 is 17.9 Å². The summed E-state index contributed by atoms with van der Waals surface area (Å²) in [6.45, 7) is 11.4. The van der Waals surface area contributed by atoms with Crippen molar-refractivity contribution < 1.29 is 28.6 Å². The van der Waals surface area contributed by atoms with Crippen molar-refractivity contribution in [2.24, 2.45) is 11.8 Å². The van der Waals surface area contributed by atoms with Gasteiger partial charge in [-0.15, -0.1) is 0 Å². The van der Waals surface area contributed by atoms with Crippen LogP contribution >= 0.6 is 0 Å². The zero-order valence-electron chi connectivity index (χ0n) is 42.5. The normalized spacial score (nSPS) is 12.5. The second-order valence-corrected chi connectivity index (χ2v) is 19.9. The van der Waals surface area contributed by atoms with Crippen LogP contribution < -0.4 is 0 Å². The van der Waals surface area contributed by atoms with Gasteiger partial charge in [0, 0.05) is 19.3 Å². The SMILES string of the molecule is CCCCCCCCCCCCCCCC(=O)OC[C@@H](COC(=O)CCCCCCCCCCCCCCCCCCC(C)C)OC(=O)CCCCCCCCCCC(C)CC. The molecule has 6 nitrogen and oxygen atoms in total.